The number of ether oxygens (including phenoxy) is 3. The number of aliphatic hydroxyl groups excluding tert-OH is 1. The summed E-state index contributed by atoms with van der Waals surface area (Å²) in [5.74, 6) is -1.44. The molecule has 402 valence electrons. The highest BCUT2D eigenvalue weighted by Crippen LogP contribution is 2.43. The van der Waals surface area contributed by atoms with Gasteiger partial charge in [-0.25, -0.2) is 4.57 Å². The van der Waals surface area contributed by atoms with Gasteiger partial charge >= 0.3 is 25.7 Å². The number of carbonyl (C=O) groups is 3. The van der Waals surface area contributed by atoms with Crippen molar-refractivity contribution >= 4 is 25.7 Å². The number of rotatable bonds is 54. The van der Waals surface area contributed by atoms with Gasteiger partial charge in [-0.3, -0.25) is 23.4 Å². The Labute approximate surface area is 417 Å². The number of unbranched alkanes of at least 4 members (excludes halogenated alkanes) is 35. The van der Waals surface area contributed by atoms with E-state index in [1.54, 1.807) is 0 Å². The van der Waals surface area contributed by atoms with Crippen LogP contribution in [0.1, 0.15) is 290 Å². The minimum Gasteiger partial charge on any atom is -0.462 e. The second-order valence-corrected chi connectivity index (χ2v) is 20.9. The molecule has 0 rings (SSSR count). The van der Waals surface area contributed by atoms with Crippen molar-refractivity contribution in [2.45, 2.75) is 303 Å². The molecular formula is C56H107O11P. The Morgan fingerprint density at radius 3 is 1.01 bits per heavy atom. The number of phosphoric acid groups is 1. The molecule has 0 aliphatic heterocycles. The van der Waals surface area contributed by atoms with Gasteiger partial charge in [0.1, 0.15) is 12.7 Å². The first-order valence-electron chi connectivity index (χ1n) is 28.6. The van der Waals surface area contributed by atoms with Gasteiger partial charge in [-0.2, -0.15) is 0 Å². The van der Waals surface area contributed by atoms with Gasteiger partial charge in [-0.15, -0.1) is 0 Å². The minimum atomic E-state index is -4.73. The van der Waals surface area contributed by atoms with E-state index >= 15 is 0 Å². The van der Waals surface area contributed by atoms with Crippen LogP contribution >= 0.6 is 7.82 Å². The number of aliphatic hydroxyl groups is 1. The second-order valence-electron chi connectivity index (χ2n) is 19.5. The molecule has 11 nitrogen and oxygen atoms in total. The zero-order valence-electron chi connectivity index (χ0n) is 44.4. The Hall–Kier alpha value is -1.78. The molecule has 12 heteroatoms. The highest BCUT2D eigenvalue weighted by Gasteiger charge is 2.28. The molecule has 0 saturated carbocycles. The average Bonchev–Trinajstić information content (AvgIpc) is 3.32. The van der Waals surface area contributed by atoms with E-state index in [0.29, 0.717) is 19.3 Å². The van der Waals surface area contributed by atoms with Gasteiger partial charge in [-0.05, 0) is 44.9 Å². The van der Waals surface area contributed by atoms with Crippen LogP contribution in [0, 0.1) is 0 Å². The quantitative estimate of drug-likeness (QED) is 0.0197. The molecule has 0 aromatic rings. The molecule has 0 aliphatic carbocycles. The molecule has 0 bridgehead atoms. The van der Waals surface area contributed by atoms with Crippen molar-refractivity contribution in [1.29, 1.82) is 0 Å². The summed E-state index contributed by atoms with van der Waals surface area (Å²) >= 11 is 0. The van der Waals surface area contributed by atoms with E-state index in [0.717, 1.165) is 64.2 Å². The summed E-state index contributed by atoms with van der Waals surface area (Å²) in [5.41, 5.74) is 0. The van der Waals surface area contributed by atoms with Crippen molar-refractivity contribution < 1.29 is 52.2 Å². The molecule has 0 saturated heterocycles. The second kappa shape index (κ2) is 51.6. The zero-order chi connectivity index (χ0) is 49.9. The van der Waals surface area contributed by atoms with E-state index < -0.39 is 57.8 Å². The first kappa shape index (κ1) is 66.2. The van der Waals surface area contributed by atoms with E-state index in [1.807, 2.05) is 0 Å². The fraction of sp³-hybridized carbons (Fsp3) is 0.911. The molecule has 0 aromatic carbocycles. The molecule has 0 spiro atoms. The molecule has 0 aliphatic rings. The van der Waals surface area contributed by atoms with Crippen molar-refractivity contribution in [2.75, 3.05) is 26.4 Å². The topological polar surface area (TPSA) is 155 Å². The molecule has 3 atom stereocenters. The summed E-state index contributed by atoms with van der Waals surface area (Å²) in [6.45, 7) is 4.66. The number of phosphoric ester groups is 1. The van der Waals surface area contributed by atoms with Crippen molar-refractivity contribution in [2.24, 2.45) is 0 Å². The fourth-order valence-electron chi connectivity index (χ4n) is 8.29. The van der Waals surface area contributed by atoms with E-state index in [4.69, 9.17) is 23.3 Å². The van der Waals surface area contributed by atoms with Crippen LogP contribution in [0.15, 0.2) is 12.2 Å². The van der Waals surface area contributed by atoms with Crippen LogP contribution in [-0.2, 0) is 42.2 Å². The molecular weight excluding hydrogens is 880 g/mol. The van der Waals surface area contributed by atoms with Gasteiger partial charge in [0.15, 0.2) is 6.10 Å². The van der Waals surface area contributed by atoms with Crippen LogP contribution in [0.5, 0.6) is 0 Å². The molecule has 0 amide bonds. The normalized spacial score (nSPS) is 13.4. The molecule has 3 unspecified atom stereocenters. The highest BCUT2D eigenvalue weighted by atomic mass is 31.2. The number of hydrogen-bond donors (Lipinski definition) is 2. The largest absolute Gasteiger partial charge is 0.472 e. The zero-order valence-corrected chi connectivity index (χ0v) is 45.2. The van der Waals surface area contributed by atoms with Crippen molar-refractivity contribution in [3.8, 4) is 0 Å². The lowest BCUT2D eigenvalue weighted by Crippen LogP contribution is -2.30. The average molecular weight is 987 g/mol. The lowest BCUT2D eigenvalue weighted by molar-refractivity contribution is -0.161. The van der Waals surface area contributed by atoms with E-state index in [1.165, 1.54) is 167 Å². The maximum Gasteiger partial charge on any atom is 0.472 e. The third kappa shape index (κ3) is 49.2. The van der Waals surface area contributed by atoms with E-state index in [9.17, 15) is 28.9 Å². The number of esters is 3. The fourth-order valence-corrected chi connectivity index (χ4v) is 9.08. The summed E-state index contributed by atoms with van der Waals surface area (Å²) in [6, 6.07) is 0. The van der Waals surface area contributed by atoms with E-state index in [2.05, 4.69) is 32.9 Å². The third-order valence-corrected chi connectivity index (χ3v) is 13.6. The first-order valence-corrected chi connectivity index (χ1v) is 30.1. The Morgan fingerprint density at radius 2 is 0.676 bits per heavy atom. The summed E-state index contributed by atoms with van der Waals surface area (Å²) in [6.07, 6.45) is 48.9. The molecule has 0 heterocycles. The minimum absolute atomic E-state index is 0.175. The van der Waals surface area contributed by atoms with Gasteiger partial charge < -0.3 is 24.2 Å². The SMILES string of the molecule is CCCCCCCC/C=C\CCCCCCCCCC(=O)OCC(COP(=O)(O)OCC(CO)OC(=O)CCCCCCCCCCC)OC(=O)CCCCCCCCCCCCCCCCC. The summed E-state index contributed by atoms with van der Waals surface area (Å²) in [7, 11) is -4.73. The molecule has 0 fully saturated rings. The van der Waals surface area contributed by atoms with Gasteiger partial charge in [-0.1, -0.05) is 238 Å². The summed E-state index contributed by atoms with van der Waals surface area (Å²) in [5, 5.41) is 9.76. The first-order chi connectivity index (χ1) is 33.2. The Kier molecular flexibility index (Phi) is 50.2. The summed E-state index contributed by atoms with van der Waals surface area (Å²) in [4.78, 5) is 48.4. The number of allylic oxidation sites excluding steroid dienone is 2. The predicted molar refractivity (Wildman–Crippen MR) is 280 cm³/mol. The number of hydrogen-bond acceptors (Lipinski definition) is 10. The van der Waals surface area contributed by atoms with Crippen LogP contribution in [-0.4, -0.2) is 66.5 Å². The third-order valence-electron chi connectivity index (χ3n) is 12.7. The van der Waals surface area contributed by atoms with Gasteiger partial charge in [0.25, 0.3) is 0 Å². The van der Waals surface area contributed by atoms with Gasteiger partial charge in [0, 0.05) is 19.3 Å². The lowest BCUT2D eigenvalue weighted by atomic mass is 10.0. The van der Waals surface area contributed by atoms with Gasteiger partial charge in [0.2, 0.25) is 0 Å². The van der Waals surface area contributed by atoms with Gasteiger partial charge in [0.05, 0.1) is 19.8 Å². The molecule has 0 radical (unpaired) electrons. The number of carbonyl (C=O) groups excluding carboxylic acids is 3. The molecule has 2 N–H and O–H groups in total. The smallest absolute Gasteiger partial charge is 0.462 e. The molecule has 0 aromatic heterocycles. The van der Waals surface area contributed by atoms with E-state index in [-0.39, 0.29) is 25.9 Å². The predicted octanol–water partition coefficient (Wildman–Crippen LogP) is 16.5. The van der Waals surface area contributed by atoms with Crippen molar-refractivity contribution in [1.82, 2.24) is 0 Å². The Bertz CT molecular complexity index is 1200. The van der Waals surface area contributed by atoms with Crippen LogP contribution < -0.4 is 0 Å². The van der Waals surface area contributed by atoms with Crippen molar-refractivity contribution in [3.63, 3.8) is 0 Å². The monoisotopic (exact) mass is 987 g/mol. The molecule has 68 heavy (non-hydrogen) atoms. The Balaban J connectivity index is 4.67. The maximum atomic E-state index is 12.9. The van der Waals surface area contributed by atoms with Crippen LogP contribution in [0.25, 0.3) is 0 Å². The van der Waals surface area contributed by atoms with Crippen LogP contribution in [0.3, 0.4) is 0 Å². The van der Waals surface area contributed by atoms with Crippen molar-refractivity contribution in [3.05, 3.63) is 12.2 Å². The standard InChI is InChI=1S/C56H107O11P/c1-4-7-10-13-16-19-21-23-25-26-28-29-31-34-36-39-42-45-54(58)63-49-53(67-56(60)47-44-41-38-35-32-30-27-24-22-20-17-14-11-8-5-2)51-65-68(61,62)64-50-52(48-57)66-55(59)46-43-40-37-33-18-15-12-9-6-3/h23,25,52-53,57H,4-22,24,26-51H2,1-3H3,(H,61,62)/b25-23-. The lowest BCUT2D eigenvalue weighted by Gasteiger charge is -2.21. The highest BCUT2D eigenvalue weighted by molar-refractivity contribution is 7.47. The van der Waals surface area contributed by atoms with Crippen LogP contribution in [0.2, 0.25) is 0 Å². The Morgan fingerprint density at radius 1 is 0.397 bits per heavy atom. The summed E-state index contributed by atoms with van der Waals surface area (Å²) < 4.78 is 39.4. The maximum absolute atomic E-state index is 12.9. The van der Waals surface area contributed by atoms with Crippen LogP contribution in [0.4, 0.5) is 0 Å².